The molecule has 0 saturated carbocycles. The van der Waals surface area contributed by atoms with Crippen LogP contribution in [0.5, 0.6) is 5.75 Å². The molecule has 0 atom stereocenters. The zero-order valence-corrected chi connectivity index (χ0v) is 15.6. The fourth-order valence-corrected chi connectivity index (χ4v) is 3.30. The van der Waals surface area contributed by atoms with Crippen molar-refractivity contribution in [2.24, 2.45) is 0 Å². The fourth-order valence-electron chi connectivity index (χ4n) is 1.79. The van der Waals surface area contributed by atoms with Gasteiger partial charge in [-0.15, -0.1) is 0 Å². The summed E-state index contributed by atoms with van der Waals surface area (Å²) in [6.07, 6.45) is 2.29. The maximum Gasteiger partial charge on any atom is 0.219 e. The van der Waals surface area contributed by atoms with Crippen LogP contribution in [0.4, 0.5) is 0 Å². The van der Waals surface area contributed by atoms with Gasteiger partial charge in [-0.3, -0.25) is 4.79 Å². The minimum atomic E-state index is 0.0362. The molecule has 2 N–H and O–H groups in total. The molecule has 0 radical (unpaired) electrons. The van der Waals surface area contributed by atoms with Crippen LogP contribution in [0.15, 0.2) is 21.1 Å². The van der Waals surface area contributed by atoms with Crippen LogP contribution >= 0.6 is 31.9 Å². The van der Waals surface area contributed by atoms with Crippen molar-refractivity contribution in [1.29, 1.82) is 0 Å². The Morgan fingerprint density at radius 2 is 1.95 bits per heavy atom. The molecule has 0 spiro atoms. The lowest BCUT2D eigenvalue weighted by atomic mass is 10.2. The Kier molecular flexibility index (Phi) is 8.96. The highest BCUT2D eigenvalue weighted by molar-refractivity contribution is 9.11. The first-order chi connectivity index (χ1) is 10.1. The summed E-state index contributed by atoms with van der Waals surface area (Å²) in [7, 11) is 1.64. The van der Waals surface area contributed by atoms with E-state index in [1.54, 1.807) is 7.05 Å². The number of carbonyl (C=O) groups excluding carboxylic acids is 1. The number of amides is 1. The molecule has 21 heavy (non-hydrogen) atoms. The Morgan fingerprint density at radius 1 is 1.29 bits per heavy atom. The molecule has 6 heteroatoms. The summed E-state index contributed by atoms with van der Waals surface area (Å²) < 4.78 is 7.59. The lowest BCUT2D eigenvalue weighted by Gasteiger charge is -2.12. The second-order valence-corrected chi connectivity index (χ2v) is 6.40. The average Bonchev–Trinajstić information content (AvgIpc) is 2.45. The molecule has 0 saturated heterocycles. The Balaban J connectivity index is 2.53. The summed E-state index contributed by atoms with van der Waals surface area (Å²) >= 11 is 7.08. The van der Waals surface area contributed by atoms with E-state index in [9.17, 15) is 4.79 Å². The number of hydrogen-bond donors (Lipinski definition) is 2. The van der Waals surface area contributed by atoms with Crippen LogP contribution in [0.25, 0.3) is 0 Å². The summed E-state index contributed by atoms with van der Waals surface area (Å²) in [5.41, 5.74) is 1.19. The molecular weight excluding hydrogens is 400 g/mol. The van der Waals surface area contributed by atoms with Crippen molar-refractivity contribution in [1.82, 2.24) is 10.6 Å². The zero-order chi connectivity index (χ0) is 15.7. The van der Waals surface area contributed by atoms with Crippen molar-refractivity contribution in [2.75, 3.05) is 20.2 Å². The molecule has 0 fully saturated rings. The predicted molar refractivity (Wildman–Crippen MR) is 92.6 cm³/mol. The van der Waals surface area contributed by atoms with Gasteiger partial charge in [0.1, 0.15) is 5.75 Å². The smallest absolute Gasteiger partial charge is 0.219 e. The van der Waals surface area contributed by atoms with E-state index in [0.717, 1.165) is 34.2 Å². The molecule has 4 nitrogen and oxygen atoms in total. The van der Waals surface area contributed by atoms with Gasteiger partial charge in [0.2, 0.25) is 5.91 Å². The summed E-state index contributed by atoms with van der Waals surface area (Å²) in [5, 5.41) is 5.97. The van der Waals surface area contributed by atoms with Crippen LogP contribution in [-0.2, 0) is 11.3 Å². The Labute approximate surface area is 143 Å². The molecular formula is C15H22Br2N2O2. The molecule has 1 aromatic rings. The van der Waals surface area contributed by atoms with Gasteiger partial charge in [-0.05, 0) is 68.9 Å². The topological polar surface area (TPSA) is 50.4 Å². The van der Waals surface area contributed by atoms with Crippen molar-refractivity contribution in [3.63, 3.8) is 0 Å². The van der Waals surface area contributed by atoms with Crippen molar-refractivity contribution in [3.05, 3.63) is 26.6 Å². The molecule has 0 aromatic heterocycles. The third-order valence-corrected chi connectivity index (χ3v) is 4.07. The summed E-state index contributed by atoms with van der Waals surface area (Å²) in [6.45, 7) is 4.50. The first kappa shape index (κ1) is 18.5. The highest BCUT2D eigenvalue weighted by Crippen LogP contribution is 2.34. The van der Waals surface area contributed by atoms with Gasteiger partial charge in [0.05, 0.1) is 15.6 Å². The van der Waals surface area contributed by atoms with Gasteiger partial charge in [0.25, 0.3) is 0 Å². The van der Waals surface area contributed by atoms with Crippen molar-refractivity contribution in [2.45, 2.75) is 32.7 Å². The van der Waals surface area contributed by atoms with Gasteiger partial charge in [-0.25, -0.2) is 0 Å². The first-order valence-corrected chi connectivity index (χ1v) is 8.69. The fraction of sp³-hybridized carbons (Fsp3) is 0.533. The lowest BCUT2D eigenvalue weighted by Crippen LogP contribution is -2.18. The molecule has 0 bridgehead atoms. The van der Waals surface area contributed by atoms with Gasteiger partial charge in [-0.1, -0.05) is 6.92 Å². The monoisotopic (exact) mass is 420 g/mol. The largest absolute Gasteiger partial charge is 0.491 e. The van der Waals surface area contributed by atoms with Crippen LogP contribution in [0.2, 0.25) is 0 Å². The minimum absolute atomic E-state index is 0.0362. The average molecular weight is 422 g/mol. The van der Waals surface area contributed by atoms with Gasteiger partial charge in [0.15, 0.2) is 0 Å². The Bertz CT molecular complexity index is 444. The molecule has 0 aliphatic heterocycles. The number of carbonyl (C=O) groups is 1. The maximum atomic E-state index is 11.1. The van der Waals surface area contributed by atoms with E-state index in [-0.39, 0.29) is 5.91 Å². The predicted octanol–water partition coefficient (Wildman–Crippen LogP) is 3.62. The summed E-state index contributed by atoms with van der Waals surface area (Å²) in [4.78, 5) is 11.1. The second-order valence-electron chi connectivity index (χ2n) is 4.69. The zero-order valence-electron chi connectivity index (χ0n) is 12.5. The number of nitrogens with one attached hydrogen (secondary N) is 2. The third-order valence-electron chi connectivity index (χ3n) is 2.89. The number of benzene rings is 1. The molecule has 0 aliphatic carbocycles. The van der Waals surface area contributed by atoms with Crippen molar-refractivity contribution >= 4 is 37.8 Å². The van der Waals surface area contributed by atoms with Crippen LogP contribution in [0.3, 0.4) is 0 Å². The molecule has 1 aromatic carbocycles. The first-order valence-electron chi connectivity index (χ1n) is 7.10. The van der Waals surface area contributed by atoms with Crippen molar-refractivity contribution < 1.29 is 9.53 Å². The SMILES string of the molecule is CCCNCc1cc(Br)c(OCCCC(=O)NC)c(Br)c1. The highest BCUT2D eigenvalue weighted by atomic mass is 79.9. The number of hydrogen-bond acceptors (Lipinski definition) is 3. The molecule has 0 aliphatic rings. The van der Waals surface area contributed by atoms with Crippen LogP contribution in [0, 0.1) is 0 Å². The normalized spacial score (nSPS) is 10.5. The molecule has 118 valence electrons. The number of rotatable bonds is 9. The van der Waals surface area contributed by atoms with Crippen LogP contribution in [0.1, 0.15) is 31.7 Å². The van der Waals surface area contributed by atoms with E-state index in [4.69, 9.17) is 4.74 Å². The van der Waals surface area contributed by atoms with Crippen LogP contribution in [-0.4, -0.2) is 26.1 Å². The standard InChI is InChI=1S/C15H22Br2N2O2/c1-3-6-19-10-11-8-12(16)15(13(17)9-11)21-7-4-5-14(20)18-2/h8-9,19H,3-7,10H2,1-2H3,(H,18,20). The van der Waals surface area contributed by atoms with Gasteiger partial charge in [-0.2, -0.15) is 0 Å². The molecule has 1 amide bonds. The van der Waals surface area contributed by atoms with E-state index in [2.05, 4.69) is 61.5 Å². The van der Waals surface area contributed by atoms with Crippen molar-refractivity contribution in [3.8, 4) is 5.75 Å². The highest BCUT2D eigenvalue weighted by Gasteiger charge is 2.09. The van der Waals surface area contributed by atoms with E-state index < -0.39 is 0 Å². The Morgan fingerprint density at radius 3 is 2.52 bits per heavy atom. The van der Waals surface area contributed by atoms with E-state index in [0.29, 0.717) is 19.4 Å². The van der Waals surface area contributed by atoms with Gasteiger partial charge in [0, 0.05) is 20.0 Å². The van der Waals surface area contributed by atoms with Crippen LogP contribution < -0.4 is 15.4 Å². The summed E-state index contributed by atoms with van der Waals surface area (Å²) in [6, 6.07) is 4.11. The number of halogens is 2. The van der Waals surface area contributed by atoms with E-state index in [1.807, 2.05) is 0 Å². The van der Waals surface area contributed by atoms with E-state index in [1.165, 1.54) is 5.56 Å². The lowest BCUT2D eigenvalue weighted by molar-refractivity contribution is -0.120. The molecule has 0 unspecified atom stereocenters. The summed E-state index contributed by atoms with van der Waals surface area (Å²) in [5.74, 6) is 0.820. The molecule has 0 heterocycles. The van der Waals surface area contributed by atoms with Gasteiger partial charge >= 0.3 is 0 Å². The third kappa shape index (κ3) is 6.80. The molecule has 1 rings (SSSR count). The second kappa shape index (κ2) is 10.2. The quantitative estimate of drug-likeness (QED) is 0.598. The number of ether oxygens (including phenoxy) is 1. The maximum absolute atomic E-state index is 11.1. The Hall–Kier alpha value is -0.590. The van der Waals surface area contributed by atoms with Gasteiger partial charge < -0.3 is 15.4 Å². The van der Waals surface area contributed by atoms with E-state index >= 15 is 0 Å². The minimum Gasteiger partial charge on any atom is -0.491 e.